The van der Waals surface area contributed by atoms with Gasteiger partial charge in [0.1, 0.15) is 6.61 Å². The number of hydrogen-bond donors (Lipinski definition) is 1. The SMILES string of the molecule is CCCCCCC(=O)OCC(C)O. The van der Waals surface area contributed by atoms with Crippen LogP contribution in [-0.2, 0) is 9.53 Å². The second-order valence-electron chi connectivity index (χ2n) is 3.34. The first-order valence-corrected chi connectivity index (χ1v) is 5.00. The largest absolute Gasteiger partial charge is 0.463 e. The summed E-state index contributed by atoms with van der Waals surface area (Å²) < 4.78 is 4.79. The van der Waals surface area contributed by atoms with Crippen LogP contribution < -0.4 is 0 Å². The normalized spacial score (nSPS) is 12.5. The number of aliphatic hydroxyl groups is 1. The molecule has 1 unspecified atom stereocenters. The van der Waals surface area contributed by atoms with E-state index < -0.39 is 6.10 Å². The Morgan fingerprint density at radius 1 is 1.38 bits per heavy atom. The Bertz CT molecular complexity index is 132. The van der Waals surface area contributed by atoms with Crippen molar-refractivity contribution in [3.63, 3.8) is 0 Å². The fourth-order valence-electron chi connectivity index (χ4n) is 0.982. The van der Waals surface area contributed by atoms with E-state index in [4.69, 9.17) is 9.84 Å². The Hall–Kier alpha value is -0.570. The zero-order valence-corrected chi connectivity index (χ0v) is 8.58. The highest BCUT2D eigenvalue weighted by Crippen LogP contribution is 2.03. The maximum Gasteiger partial charge on any atom is 0.305 e. The van der Waals surface area contributed by atoms with Gasteiger partial charge in [-0.2, -0.15) is 0 Å². The van der Waals surface area contributed by atoms with Crippen LogP contribution in [-0.4, -0.2) is 23.8 Å². The average molecular weight is 188 g/mol. The van der Waals surface area contributed by atoms with Gasteiger partial charge in [-0.25, -0.2) is 0 Å². The highest BCUT2D eigenvalue weighted by molar-refractivity contribution is 5.69. The molecule has 1 N–H and O–H groups in total. The molecule has 0 aliphatic carbocycles. The van der Waals surface area contributed by atoms with Crippen LogP contribution in [0.1, 0.15) is 46.0 Å². The van der Waals surface area contributed by atoms with Crippen LogP contribution >= 0.6 is 0 Å². The van der Waals surface area contributed by atoms with Crippen molar-refractivity contribution in [1.82, 2.24) is 0 Å². The van der Waals surface area contributed by atoms with Gasteiger partial charge in [0.25, 0.3) is 0 Å². The van der Waals surface area contributed by atoms with Gasteiger partial charge >= 0.3 is 5.97 Å². The molecule has 0 aromatic carbocycles. The number of rotatable bonds is 7. The van der Waals surface area contributed by atoms with Crippen molar-refractivity contribution in [2.75, 3.05) is 6.61 Å². The molecule has 78 valence electrons. The van der Waals surface area contributed by atoms with Crippen LogP contribution in [0.5, 0.6) is 0 Å². The lowest BCUT2D eigenvalue weighted by Crippen LogP contribution is -2.14. The number of aliphatic hydroxyl groups excluding tert-OH is 1. The van der Waals surface area contributed by atoms with E-state index in [0.29, 0.717) is 6.42 Å². The van der Waals surface area contributed by atoms with Crippen molar-refractivity contribution in [2.24, 2.45) is 0 Å². The quantitative estimate of drug-likeness (QED) is 0.490. The zero-order chi connectivity index (χ0) is 10.1. The number of unbranched alkanes of at least 4 members (excludes halogenated alkanes) is 3. The van der Waals surface area contributed by atoms with E-state index in [2.05, 4.69) is 6.92 Å². The van der Waals surface area contributed by atoms with E-state index in [-0.39, 0.29) is 12.6 Å². The second-order valence-corrected chi connectivity index (χ2v) is 3.34. The summed E-state index contributed by atoms with van der Waals surface area (Å²) >= 11 is 0. The van der Waals surface area contributed by atoms with Crippen LogP contribution in [0.25, 0.3) is 0 Å². The third kappa shape index (κ3) is 9.34. The molecule has 0 saturated carbocycles. The molecule has 0 radical (unpaired) electrons. The van der Waals surface area contributed by atoms with Crippen molar-refractivity contribution < 1.29 is 14.6 Å². The maximum atomic E-state index is 11.0. The Kier molecular flexibility index (Phi) is 7.69. The van der Waals surface area contributed by atoms with Crippen molar-refractivity contribution in [1.29, 1.82) is 0 Å². The molecule has 0 rings (SSSR count). The van der Waals surface area contributed by atoms with Crippen LogP contribution in [0.15, 0.2) is 0 Å². The molecule has 0 fully saturated rings. The predicted octanol–water partition coefficient (Wildman–Crippen LogP) is 1.88. The van der Waals surface area contributed by atoms with Crippen molar-refractivity contribution in [3.05, 3.63) is 0 Å². The van der Waals surface area contributed by atoms with Gasteiger partial charge in [0.2, 0.25) is 0 Å². The van der Waals surface area contributed by atoms with Crippen LogP contribution in [0.4, 0.5) is 0 Å². The summed E-state index contributed by atoms with van der Waals surface area (Å²) in [5, 5.41) is 8.83. The highest BCUT2D eigenvalue weighted by Gasteiger charge is 2.03. The molecule has 0 amide bonds. The van der Waals surface area contributed by atoms with Gasteiger partial charge in [0.05, 0.1) is 6.10 Å². The van der Waals surface area contributed by atoms with Gasteiger partial charge in [-0.1, -0.05) is 26.2 Å². The molecule has 0 aliphatic rings. The molecule has 3 heteroatoms. The van der Waals surface area contributed by atoms with Crippen molar-refractivity contribution >= 4 is 5.97 Å². The van der Waals surface area contributed by atoms with E-state index >= 15 is 0 Å². The second kappa shape index (κ2) is 8.05. The first-order chi connectivity index (χ1) is 6.16. The zero-order valence-electron chi connectivity index (χ0n) is 8.58. The summed E-state index contributed by atoms with van der Waals surface area (Å²) in [4.78, 5) is 11.0. The van der Waals surface area contributed by atoms with E-state index in [1.54, 1.807) is 6.92 Å². The number of hydrogen-bond acceptors (Lipinski definition) is 3. The van der Waals surface area contributed by atoms with E-state index in [1.807, 2.05) is 0 Å². The molecule has 0 aromatic rings. The number of ether oxygens (including phenoxy) is 1. The van der Waals surface area contributed by atoms with Gasteiger partial charge in [-0.05, 0) is 13.3 Å². The molecule has 0 aromatic heterocycles. The Morgan fingerprint density at radius 3 is 2.62 bits per heavy atom. The molecule has 0 saturated heterocycles. The third-order valence-electron chi connectivity index (χ3n) is 1.72. The molecule has 0 aliphatic heterocycles. The van der Waals surface area contributed by atoms with E-state index in [1.165, 1.54) is 12.8 Å². The smallest absolute Gasteiger partial charge is 0.305 e. The van der Waals surface area contributed by atoms with E-state index in [9.17, 15) is 4.79 Å². The minimum Gasteiger partial charge on any atom is -0.463 e. The minimum absolute atomic E-state index is 0.118. The topological polar surface area (TPSA) is 46.5 Å². The molecule has 0 heterocycles. The number of carbonyl (C=O) groups excluding carboxylic acids is 1. The predicted molar refractivity (Wildman–Crippen MR) is 51.4 cm³/mol. The summed E-state index contributed by atoms with van der Waals surface area (Å²) in [6, 6.07) is 0. The standard InChI is InChI=1S/C10H20O3/c1-3-4-5-6-7-10(12)13-8-9(2)11/h9,11H,3-8H2,1-2H3. The Balaban J connectivity index is 3.20. The summed E-state index contributed by atoms with van der Waals surface area (Å²) in [6.45, 7) is 3.85. The summed E-state index contributed by atoms with van der Waals surface area (Å²) in [5.74, 6) is -0.197. The highest BCUT2D eigenvalue weighted by atomic mass is 16.5. The molecule has 0 spiro atoms. The Labute approximate surface area is 80.1 Å². The van der Waals surface area contributed by atoms with Crippen molar-refractivity contribution in [2.45, 2.75) is 52.1 Å². The number of esters is 1. The fraction of sp³-hybridized carbons (Fsp3) is 0.900. The average Bonchev–Trinajstić information content (AvgIpc) is 2.09. The number of carbonyl (C=O) groups is 1. The molecular weight excluding hydrogens is 168 g/mol. The first kappa shape index (κ1) is 12.4. The fourth-order valence-corrected chi connectivity index (χ4v) is 0.982. The minimum atomic E-state index is -0.556. The Morgan fingerprint density at radius 2 is 2.08 bits per heavy atom. The molecule has 3 nitrogen and oxygen atoms in total. The first-order valence-electron chi connectivity index (χ1n) is 5.00. The molecule has 0 bridgehead atoms. The summed E-state index contributed by atoms with van der Waals surface area (Å²) in [5.41, 5.74) is 0. The third-order valence-corrected chi connectivity index (χ3v) is 1.72. The van der Waals surface area contributed by atoms with Crippen LogP contribution in [0, 0.1) is 0 Å². The van der Waals surface area contributed by atoms with Crippen LogP contribution in [0.2, 0.25) is 0 Å². The van der Waals surface area contributed by atoms with Crippen molar-refractivity contribution in [3.8, 4) is 0 Å². The lowest BCUT2D eigenvalue weighted by molar-refractivity contribution is -0.146. The molecule has 1 atom stereocenters. The van der Waals surface area contributed by atoms with Gasteiger partial charge in [0, 0.05) is 6.42 Å². The van der Waals surface area contributed by atoms with Gasteiger partial charge in [-0.15, -0.1) is 0 Å². The van der Waals surface area contributed by atoms with E-state index in [0.717, 1.165) is 12.8 Å². The van der Waals surface area contributed by atoms with Gasteiger partial charge in [0.15, 0.2) is 0 Å². The molecule has 13 heavy (non-hydrogen) atoms. The monoisotopic (exact) mass is 188 g/mol. The molecular formula is C10H20O3. The lowest BCUT2D eigenvalue weighted by atomic mass is 10.2. The maximum absolute atomic E-state index is 11.0. The van der Waals surface area contributed by atoms with Gasteiger partial charge in [-0.3, -0.25) is 4.79 Å². The lowest BCUT2D eigenvalue weighted by Gasteiger charge is -2.05. The van der Waals surface area contributed by atoms with Gasteiger partial charge < -0.3 is 9.84 Å². The van der Waals surface area contributed by atoms with Crippen LogP contribution in [0.3, 0.4) is 0 Å². The summed E-state index contributed by atoms with van der Waals surface area (Å²) in [7, 11) is 0. The summed E-state index contributed by atoms with van der Waals surface area (Å²) in [6.07, 6.45) is 4.24.